The Labute approximate surface area is 186 Å². The summed E-state index contributed by atoms with van der Waals surface area (Å²) in [6.45, 7) is 0.441. The van der Waals surface area contributed by atoms with Crippen molar-refractivity contribution in [2.24, 2.45) is 0 Å². The number of hydrogen-bond acceptors (Lipinski definition) is 5. The topological polar surface area (TPSA) is 76.7 Å². The fraction of sp³-hybridized carbons (Fsp3) is 0.130. The van der Waals surface area contributed by atoms with Crippen LogP contribution in [0.3, 0.4) is 0 Å². The Morgan fingerprint density at radius 3 is 2.59 bits per heavy atom. The Hall–Kier alpha value is -3.59. The van der Waals surface area contributed by atoms with Crippen molar-refractivity contribution in [3.05, 3.63) is 83.4 Å². The van der Waals surface area contributed by atoms with E-state index < -0.39 is 11.6 Å². The Balaban J connectivity index is 1.35. The van der Waals surface area contributed by atoms with E-state index in [-0.39, 0.29) is 30.9 Å². The fourth-order valence-corrected chi connectivity index (χ4v) is 3.74. The van der Waals surface area contributed by atoms with E-state index in [0.29, 0.717) is 27.6 Å². The third kappa shape index (κ3) is 5.17. The van der Waals surface area contributed by atoms with Gasteiger partial charge in [-0.1, -0.05) is 18.2 Å². The molecule has 1 heterocycles. The average Bonchev–Trinajstić information content (AvgIpc) is 3.26. The average molecular weight is 456 g/mol. The summed E-state index contributed by atoms with van der Waals surface area (Å²) in [5, 5.41) is 5.52. The van der Waals surface area contributed by atoms with E-state index in [1.165, 1.54) is 6.07 Å². The number of hydrogen-bond donors (Lipinski definition) is 2. The molecule has 0 unspecified atom stereocenters. The van der Waals surface area contributed by atoms with E-state index in [1.807, 2.05) is 6.07 Å². The number of rotatable bonds is 7. The number of carbonyl (C=O) groups is 2. The Morgan fingerprint density at radius 2 is 1.75 bits per heavy atom. The number of anilines is 1. The lowest BCUT2D eigenvalue weighted by molar-refractivity contribution is -0.113. The van der Waals surface area contributed by atoms with Crippen molar-refractivity contribution < 1.29 is 27.8 Å². The van der Waals surface area contributed by atoms with E-state index >= 15 is 0 Å². The minimum atomic E-state index is -0.972. The van der Waals surface area contributed by atoms with E-state index in [0.717, 1.165) is 29.5 Å². The van der Waals surface area contributed by atoms with Gasteiger partial charge in [-0.3, -0.25) is 9.59 Å². The van der Waals surface area contributed by atoms with Crippen molar-refractivity contribution in [2.45, 2.75) is 11.4 Å². The van der Waals surface area contributed by atoms with Gasteiger partial charge in [0.25, 0.3) is 5.91 Å². The zero-order valence-corrected chi connectivity index (χ0v) is 17.5. The van der Waals surface area contributed by atoms with Crippen LogP contribution in [0.2, 0.25) is 0 Å². The molecule has 0 saturated heterocycles. The molecule has 4 rings (SSSR count). The molecular formula is C23H18F2N2O4S. The van der Waals surface area contributed by atoms with Crippen LogP contribution in [0.4, 0.5) is 14.5 Å². The predicted octanol–water partition coefficient (Wildman–Crippen LogP) is 4.35. The molecule has 1 aliphatic heterocycles. The number of amides is 2. The normalized spacial score (nSPS) is 11.8. The maximum atomic E-state index is 13.3. The number of ether oxygens (including phenoxy) is 2. The number of nitrogens with one attached hydrogen (secondary N) is 2. The lowest BCUT2D eigenvalue weighted by atomic mass is 10.1. The Morgan fingerprint density at radius 1 is 0.938 bits per heavy atom. The second-order valence-corrected chi connectivity index (χ2v) is 7.88. The van der Waals surface area contributed by atoms with Crippen LogP contribution >= 0.6 is 11.8 Å². The molecule has 1 aliphatic rings. The summed E-state index contributed by atoms with van der Waals surface area (Å²) in [4.78, 5) is 25.5. The molecule has 0 aliphatic carbocycles. The van der Waals surface area contributed by atoms with Gasteiger partial charge in [0.05, 0.1) is 17.0 Å². The van der Waals surface area contributed by atoms with Gasteiger partial charge in [-0.05, 0) is 48.0 Å². The molecule has 6 nitrogen and oxygen atoms in total. The molecule has 0 atom stereocenters. The molecule has 0 fully saturated rings. The highest BCUT2D eigenvalue weighted by molar-refractivity contribution is 8.00. The van der Waals surface area contributed by atoms with Crippen molar-refractivity contribution in [1.82, 2.24) is 5.32 Å². The fourth-order valence-electron chi connectivity index (χ4n) is 3.02. The van der Waals surface area contributed by atoms with Gasteiger partial charge >= 0.3 is 0 Å². The highest BCUT2D eigenvalue weighted by Gasteiger charge is 2.16. The first kappa shape index (κ1) is 21.6. The first-order chi connectivity index (χ1) is 15.5. The summed E-state index contributed by atoms with van der Waals surface area (Å²) >= 11 is 1.06. The highest BCUT2D eigenvalue weighted by atomic mass is 32.2. The van der Waals surface area contributed by atoms with Crippen LogP contribution in [0.1, 0.15) is 15.9 Å². The van der Waals surface area contributed by atoms with E-state index in [2.05, 4.69) is 10.6 Å². The molecule has 0 aromatic heterocycles. The quantitative estimate of drug-likeness (QED) is 0.517. The summed E-state index contributed by atoms with van der Waals surface area (Å²) in [6.07, 6.45) is 0. The highest BCUT2D eigenvalue weighted by Crippen LogP contribution is 2.32. The lowest BCUT2D eigenvalue weighted by Gasteiger charge is -2.12. The molecule has 3 aromatic rings. The van der Waals surface area contributed by atoms with Crippen LogP contribution in [-0.4, -0.2) is 24.4 Å². The second kappa shape index (κ2) is 9.69. The monoisotopic (exact) mass is 456 g/mol. The molecule has 0 radical (unpaired) electrons. The zero-order chi connectivity index (χ0) is 22.5. The summed E-state index contributed by atoms with van der Waals surface area (Å²) in [5.41, 5.74) is 1.50. The van der Waals surface area contributed by atoms with Crippen molar-refractivity contribution in [3.63, 3.8) is 0 Å². The van der Waals surface area contributed by atoms with Gasteiger partial charge in [0.2, 0.25) is 12.7 Å². The van der Waals surface area contributed by atoms with Crippen molar-refractivity contribution in [1.29, 1.82) is 0 Å². The Bertz CT molecular complexity index is 1170. The number of para-hydroxylation sites is 1. The van der Waals surface area contributed by atoms with Crippen LogP contribution in [0.5, 0.6) is 11.5 Å². The lowest BCUT2D eigenvalue weighted by Crippen LogP contribution is -2.25. The third-order valence-electron chi connectivity index (χ3n) is 4.60. The maximum absolute atomic E-state index is 13.3. The van der Waals surface area contributed by atoms with Gasteiger partial charge in [0.15, 0.2) is 23.1 Å². The van der Waals surface area contributed by atoms with Crippen molar-refractivity contribution in [3.8, 4) is 11.5 Å². The van der Waals surface area contributed by atoms with E-state index in [4.69, 9.17) is 9.47 Å². The molecule has 0 bridgehead atoms. The van der Waals surface area contributed by atoms with Gasteiger partial charge in [0, 0.05) is 11.4 Å². The van der Waals surface area contributed by atoms with Crippen LogP contribution in [0.25, 0.3) is 0 Å². The molecule has 0 saturated carbocycles. The van der Waals surface area contributed by atoms with Gasteiger partial charge in [-0.25, -0.2) is 8.78 Å². The van der Waals surface area contributed by atoms with E-state index in [1.54, 1.807) is 36.4 Å². The molecular weight excluding hydrogens is 438 g/mol. The summed E-state index contributed by atoms with van der Waals surface area (Å²) in [5.74, 6) is -1.39. The molecule has 2 N–H and O–H groups in total. The van der Waals surface area contributed by atoms with Crippen LogP contribution in [0, 0.1) is 11.6 Å². The number of halogens is 2. The smallest absolute Gasteiger partial charge is 0.253 e. The van der Waals surface area contributed by atoms with E-state index in [9.17, 15) is 18.4 Å². The molecule has 3 aromatic carbocycles. The minimum Gasteiger partial charge on any atom is -0.454 e. The second-order valence-electron chi connectivity index (χ2n) is 6.83. The molecule has 2 amide bonds. The third-order valence-corrected chi connectivity index (χ3v) is 5.59. The summed E-state index contributed by atoms with van der Waals surface area (Å²) in [7, 11) is 0. The van der Waals surface area contributed by atoms with Gasteiger partial charge in [-0.15, -0.1) is 11.8 Å². The van der Waals surface area contributed by atoms with Crippen LogP contribution in [-0.2, 0) is 11.3 Å². The molecule has 32 heavy (non-hydrogen) atoms. The predicted molar refractivity (Wildman–Crippen MR) is 116 cm³/mol. The maximum Gasteiger partial charge on any atom is 0.253 e. The number of carbonyl (C=O) groups excluding carboxylic acids is 2. The van der Waals surface area contributed by atoms with Gasteiger partial charge < -0.3 is 20.1 Å². The standard InChI is InChI=1S/C23H18F2N2O4S/c24-17-7-6-15(10-18(17)25)32-12-22(28)27-19-4-2-1-3-16(19)23(29)26-11-14-5-8-20-21(9-14)31-13-30-20/h1-10H,11-13H2,(H,26,29)(H,27,28). The van der Waals surface area contributed by atoms with Gasteiger partial charge in [0.1, 0.15) is 0 Å². The largest absolute Gasteiger partial charge is 0.454 e. The number of benzene rings is 3. The van der Waals surface area contributed by atoms with Crippen LogP contribution in [0.15, 0.2) is 65.6 Å². The van der Waals surface area contributed by atoms with Crippen molar-refractivity contribution >= 4 is 29.3 Å². The van der Waals surface area contributed by atoms with Crippen LogP contribution < -0.4 is 20.1 Å². The first-order valence-corrected chi connectivity index (χ1v) is 10.6. The SMILES string of the molecule is O=C(CSc1ccc(F)c(F)c1)Nc1ccccc1C(=O)NCc1ccc2c(c1)OCO2. The summed E-state index contributed by atoms with van der Waals surface area (Å²) < 4.78 is 36.9. The van der Waals surface area contributed by atoms with Gasteiger partial charge in [-0.2, -0.15) is 0 Å². The minimum absolute atomic E-state index is 0.0295. The molecule has 0 spiro atoms. The Kier molecular flexibility index (Phi) is 6.55. The zero-order valence-electron chi connectivity index (χ0n) is 16.7. The van der Waals surface area contributed by atoms with Crippen molar-refractivity contribution in [2.75, 3.05) is 17.9 Å². The number of thioether (sulfide) groups is 1. The summed E-state index contributed by atoms with van der Waals surface area (Å²) in [6, 6.07) is 15.5. The first-order valence-electron chi connectivity index (χ1n) is 9.63. The molecule has 9 heteroatoms. The number of fused-ring (bicyclic) bond motifs is 1. The molecule has 164 valence electrons.